The summed E-state index contributed by atoms with van der Waals surface area (Å²) in [4.78, 5) is 25.8. The third kappa shape index (κ3) is 3.24. The predicted octanol–water partition coefficient (Wildman–Crippen LogP) is 4.21. The van der Waals surface area contributed by atoms with Crippen LogP contribution in [0.25, 0.3) is 11.2 Å². The van der Waals surface area contributed by atoms with Crippen molar-refractivity contribution in [1.29, 1.82) is 0 Å². The summed E-state index contributed by atoms with van der Waals surface area (Å²) < 4.78 is 8.52. The SMILES string of the molecule is CC[C@H]1O[C@@](CBr)(n2cnc3c(NC(=O)c4ccccc4)ncnc32)[C@@H](C)C1C. The maximum absolute atomic E-state index is 12.6. The number of amides is 1. The number of rotatable bonds is 5. The molecule has 1 aromatic carbocycles. The lowest BCUT2D eigenvalue weighted by Crippen LogP contribution is -2.40. The molecule has 0 bridgehead atoms. The van der Waals surface area contributed by atoms with Crippen molar-refractivity contribution in [2.75, 3.05) is 10.6 Å². The van der Waals surface area contributed by atoms with Gasteiger partial charge < -0.3 is 10.1 Å². The van der Waals surface area contributed by atoms with Gasteiger partial charge in [-0.3, -0.25) is 9.36 Å². The van der Waals surface area contributed by atoms with Gasteiger partial charge in [-0.25, -0.2) is 15.0 Å². The van der Waals surface area contributed by atoms with Gasteiger partial charge in [-0.05, 0) is 24.5 Å². The molecule has 0 saturated carbocycles. The van der Waals surface area contributed by atoms with Crippen molar-refractivity contribution in [1.82, 2.24) is 19.5 Å². The van der Waals surface area contributed by atoms with Gasteiger partial charge in [-0.1, -0.05) is 54.9 Å². The minimum atomic E-state index is -0.593. The Bertz CT molecular complexity index is 1020. The van der Waals surface area contributed by atoms with Crippen molar-refractivity contribution in [3.05, 3.63) is 48.5 Å². The summed E-state index contributed by atoms with van der Waals surface area (Å²) in [5.74, 6) is 0.800. The Morgan fingerprint density at radius 1 is 1.24 bits per heavy atom. The van der Waals surface area contributed by atoms with Gasteiger partial charge in [0.25, 0.3) is 5.91 Å². The first-order chi connectivity index (χ1) is 14.0. The quantitative estimate of drug-likeness (QED) is 0.580. The summed E-state index contributed by atoms with van der Waals surface area (Å²) in [6, 6.07) is 9.03. The maximum Gasteiger partial charge on any atom is 0.256 e. The topological polar surface area (TPSA) is 81.9 Å². The van der Waals surface area contributed by atoms with Crippen molar-refractivity contribution in [3.63, 3.8) is 0 Å². The normalized spacial score (nSPS) is 26.7. The van der Waals surface area contributed by atoms with Gasteiger partial charge in [-0.15, -0.1) is 0 Å². The number of anilines is 1. The average molecular weight is 458 g/mol. The Kier molecular flexibility index (Phi) is 5.40. The molecule has 1 aliphatic rings. The minimum absolute atomic E-state index is 0.166. The molecule has 1 aliphatic heterocycles. The lowest BCUT2D eigenvalue weighted by molar-refractivity contribution is -0.0955. The van der Waals surface area contributed by atoms with Crippen molar-refractivity contribution in [2.45, 2.75) is 39.0 Å². The van der Waals surface area contributed by atoms with E-state index in [1.165, 1.54) is 6.33 Å². The highest BCUT2D eigenvalue weighted by Gasteiger charge is 2.51. The average Bonchev–Trinajstić information content (AvgIpc) is 3.30. The first-order valence-electron chi connectivity index (χ1n) is 9.80. The highest BCUT2D eigenvalue weighted by Crippen LogP contribution is 2.47. The number of ether oxygens (including phenoxy) is 1. The molecule has 3 heterocycles. The summed E-state index contributed by atoms with van der Waals surface area (Å²) in [5.41, 5.74) is 1.14. The summed E-state index contributed by atoms with van der Waals surface area (Å²) in [5, 5.41) is 3.47. The highest BCUT2D eigenvalue weighted by atomic mass is 79.9. The number of hydrogen-bond donors (Lipinski definition) is 1. The van der Waals surface area contributed by atoms with Gasteiger partial charge in [0, 0.05) is 11.5 Å². The van der Waals surface area contributed by atoms with Crippen LogP contribution in [0.4, 0.5) is 5.82 Å². The van der Waals surface area contributed by atoms with E-state index in [9.17, 15) is 4.79 Å². The molecule has 0 spiro atoms. The second-order valence-corrected chi connectivity index (χ2v) is 8.08. The Morgan fingerprint density at radius 3 is 2.66 bits per heavy atom. The fourth-order valence-electron chi connectivity index (χ4n) is 4.13. The zero-order valence-electron chi connectivity index (χ0n) is 16.7. The molecule has 2 aromatic heterocycles. The Labute approximate surface area is 178 Å². The van der Waals surface area contributed by atoms with E-state index in [0.717, 1.165) is 6.42 Å². The van der Waals surface area contributed by atoms with Crippen LogP contribution in [-0.4, -0.2) is 36.9 Å². The highest BCUT2D eigenvalue weighted by molar-refractivity contribution is 9.09. The van der Waals surface area contributed by atoms with Crippen LogP contribution in [0.5, 0.6) is 0 Å². The van der Waals surface area contributed by atoms with E-state index in [1.807, 2.05) is 22.8 Å². The number of aromatic nitrogens is 4. The van der Waals surface area contributed by atoms with Gasteiger partial charge in [-0.2, -0.15) is 0 Å². The monoisotopic (exact) mass is 457 g/mol. The maximum atomic E-state index is 12.6. The van der Waals surface area contributed by atoms with Crippen LogP contribution in [-0.2, 0) is 10.5 Å². The van der Waals surface area contributed by atoms with Crippen molar-refractivity contribution < 1.29 is 9.53 Å². The zero-order chi connectivity index (χ0) is 20.6. The van der Waals surface area contributed by atoms with Crippen LogP contribution in [0.2, 0.25) is 0 Å². The van der Waals surface area contributed by atoms with Crippen LogP contribution >= 0.6 is 15.9 Å². The molecule has 3 aromatic rings. The van der Waals surface area contributed by atoms with Crippen molar-refractivity contribution >= 4 is 38.8 Å². The van der Waals surface area contributed by atoms with Gasteiger partial charge in [0.05, 0.1) is 17.8 Å². The zero-order valence-corrected chi connectivity index (χ0v) is 18.3. The number of nitrogens with zero attached hydrogens (tertiary/aromatic N) is 4. The van der Waals surface area contributed by atoms with E-state index in [4.69, 9.17) is 4.74 Å². The van der Waals surface area contributed by atoms with E-state index >= 15 is 0 Å². The number of fused-ring (bicyclic) bond motifs is 1. The summed E-state index contributed by atoms with van der Waals surface area (Å²) in [6.45, 7) is 6.57. The largest absolute Gasteiger partial charge is 0.350 e. The lowest BCUT2D eigenvalue weighted by Gasteiger charge is -2.33. The van der Waals surface area contributed by atoms with Crippen LogP contribution in [0.15, 0.2) is 43.0 Å². The molecular weight excluding hydrogens is 434 g/mol. The number of imidazole rings is 1. The molecule has 0 aliphatic carbocycles. The van der Waals surface area contributed by atoms with E-state index in [-0.39, 0.29) is 17.9 Å². The third-order valence-electron chi connectivity index (χ3n) is 6.05. The standard InChI is InChI=1S/C21H24BrN5O2/c1-4-16-13(2)14(3)21(10-22,29-16)27-12-25-17-18(23-11-24-19(17)27)26-20(28)15-8-6-5-7-9-15/h5-9,11-14,16H,4,10H2,1-3H3,(H,23,24,26,28)/t13?,14-,16+,21+/m0/s1. The molecule has 0 radical (unpaired) electrons. The fraction of sp³-hybridized carbons (Fsp3) is 0.429. The molecule has 8 heteroatoms. The number of halogens is 1. The molecule has 4 atom stereocenters. The first-order valence-corrected chi connectivity index (χ1v) is 10.9. The molecule has 7 nitrogen and oxygen atoms in total. The second kappa shape index (κ2) is 7.84. The Morgan fingerprint density at radius 2 is 2.00 bits per heavy atom. The van der Waals surface area contributed by atoms with E-state index in [1.54, 1.807) is 18.5 Å². The molecule has 152 valence electrons. The van der Waals surface area contributed by atoms with Crippen LogP contribution in [0.3, 0.4) is 0 Å². The summed E-state index contributed by atoms with van der Waals surface area (Å²) >= 11 is 3.67. The van der Waals surface area contributed by atoms with Crippen LogP contribution in [0.1, 0.15) is 37.6 Å². The molecule has 1 unspecified atom stereocenters. The number of carbonyl (C=O) groups is 1. The number of carbonyl (C=O) groups excluding carboxylic acids is 1. The fourth-order valence-corrected chi connectivity index (χ4v) is 5.04. The first kappa shape index (κ1) is 20.0. The van der Waals surface area contributed by atoms with Crippen LogP contribution < -0.4 is 5.32 Å². The number of alkyl halides is 1. The van der Waals surface area contributed by atoms with Gasteiger partial charge in [0.2, 0.25) is 0 Å². The Hall–Kier alpha value is -2.32. The molecule has 1 amide bonds. The summed E-state index contributed by atoms with van der Waals surface area (Å²) in [7, 11) is 0. The van der Waals surface area contributed by atoms with Crippen LogP contribution in [0, 0.1) is 11.8 Å². The molecule has 1 N–H and O–H groups in total. The second-order valence-electron chi connectivity index (χ2n) is 7.52. The minimum Gasteiger partial charge on any atom is -0.350 e. The number of hydrogen-bond acceptors (Lipinski definition) is 5. The third-order valence-corrected chi connectivity index (χ3v) is 6.85. The number of benzene rings is 1. The van der Waals surface area contributed by atoms with E-state index < -0.39 is 5.72 Å². The molecule has 1 saturated heterocycles. The predicted molar refractivity (Wildman–Crippen MR) is 115 cm³/mol. The number of nitrogens with one attached hydrogen (secondary N) is 1. The molecule has 4 rings (SSSR count). The Balaban J connectivity index is 1.73. The van der Waals surface area contributed by atoms with E-state index in [2.05, 4.69) is 57.0 Å². The van der Waals surface area contributed by atoms with Gasteiger partial charge in [0.1, 0.15) is 6.33 Å². The molecule has 1 fully saturated rings. The molecular formula is C21H24BrN5O2. The van der Waals surface area contributed by atoms with Gasteiger partial charge >= 0.3 is 0 Å². The van der Waals surface area contributed by atoms with Crippen molar-refractivity contribution in [3.8, 4) is 0 Å². The van der Waals surface area contributed by atoms with Gasteiger partial charge in [0.15, 0.2) is 22.7 Å². The summed E-state index contributed by atoms with van der Waals surface area (Å²) in [6.07, 6.45) is 4.29. The smallest absolute Gasteiger partial charge is 0.256 e. The van der Waals surface area contributed by atoms with Crippen molar-refractivity contribution in [2.24, 2.45) is 11.8 Å². The van der Waals surface area contributed by atoms with E-state index in [0.29, 0.717) is 33.8 Å². The molecule has 29 heavy (non-hydrogen) atoms. The lowest BCUT2D eigenvalue weighted by atomic mass is 9.86.